The number of ether oxygens (including phenoxy) is 2. The Labute approximate surface area is 101 Å². The van der Waals surface area contributed by atoms with Gasteiger partial charge in [-0.2, -0.15) is 0 Å². The predicted molar refractivity (Wildman–Crippen MR) is 61.5 cm³/mol. The molecule has 1 aliphatic heterocycles. The van der Waals surface area contributed by atoms with E-state index in [9.17, 15) is 9.59 Å². The van der Waals surface area contributed by atoms with Crippen LogP contribution in [0.4, 0.5) is 0 Å². The van der Waals surface area contributed by atoms with Crippen LogP contribution in [-0.2, 0) is 19.1 Å². The Bertz CT molecular complexity index is 283. The number of hydrogen-bond acceptors (Lipinski definition) is 5. The second-order valence-corrected chi connectivity index (χ2v) is 4.03. The molecule has 1 aliphatic rings. The summed E-state index contributed by atoms with van der Waals surface area (Å²) >= 11 is 0. The van der Waals surface area contributed by atoms with Crippen molar-refractivity contribution < 1.29 is 19.1 Å². The Hall–Kier alpha value is -1.14. The first-order valence-electron chi connectivity index (χ1n) is 5.72. The third kappa shape index (κ3) is 3.41. The van der Waals surface area contributed by atoms with E-state index < -0.39 is 0 Å². The van der Waals surface area contributed by atoms with E-state index in [1.165, 1.54) is 7.11 Å². The lowest BCUT2D eigenvalue weighted by molar-refractivity contribution is -0.155. The van der Waals surface area contributed by atoms with Crippen molar-refractivity contribution in [2.45, 2.75) is 25.4 Å². The molecule has 0 saturated carbocycles. The number of methoxy groups -OCH3 is 2. The number of carbonyl (C=O) groups excluding carboxylic acids is 2. The maximum Gasteiger partial charge on any atom is 0.323 e. The van der Waals surface area contributed by atoms with E-state index in [-0.39, 0.29) is 24.0 Å². The van der Waals surface area contributed by atoms with Crippen LogP contribution >= 0.6 is 0 Å². The van der Waals surface area contributed by atoms with Gasteiger partial charge in [0.2, 0.25) is 5.91 Å². The van der Waals surface area contributed by atoms with E-state index in [2.05, 4.69) is 10.1 Å². The summed E-state index contributed by atoms with van der Waals surface area (Å²) in [6, 6.07) is -0.590. The molecule has 0 aliphatic carbocycles. The summed E-state index contributed by atoms with van der Waals surface area (Å²) < 4.78 is 9.53. The van der Waals surface area contributed by atoms with Crippen molar-refractivity contribution in [2.24, 2.45) is 0 Å². The van der Waals surface area contributed by atoms with Crippen LogP contribution in [0.5, 0.6) is 0 Å². The topological polar surface area (TPSA) is 67.9 Å². The van der Waals surface area contributed by atoms with Gasteiger partial charge in [-0.15, -0.1) is 0 Å². The molecular weight excluding hydrogens is 224 g/mol. The average molecular weight is 244 g/mol. The first-order valence-corrected chi connectivity index (χ1v) is 5.72. The monoisotopic (exact) mass is 244 g/mol. The quantitative estimate of drug-likeness (QED) is 0.498. The zero-order valence-electron chi connectivity index (χ0n) is 10.6. The minimum atomic E-state index is -0.315. The maximum absolute atomic E-state index is 11.7. The minimum absolute atomic E-state index is 0.0874. The molecule has 0 aromatic heterocycles. The molecular formula is C11H20N2O4. The van der Waals surface area contributed by atoms with Gasteiger partial charge in [-0.05, 0) is 13.3 Å². The summed E-state index contributed by atoms with van der Waals surface area (Å²) in [5, 5.41) is 2.75. The van der Waals surface area contributed by atoms with Crippen molar-refractivity contribution >= 4 is 11.9 Å². The van der Waals surface area contributed by atoms with Crippen molar-refractivity contribution in [3.8, 4) is 0 Å². The summed E-state index contributed by atoms with van der Waals surface area (Å²) in [7, 11) is 2.94. The molecule has 98 valence electrons. The normalized spacial score (nSPS) is 21.5. The lowest BCUT2D eigenvalue weighted by Gasteiger charge is -2.42. The van der Waals surface area contributed by atoms with E-state index in [4.69, 9.17) is 4.74 Å². The van der Waals surface area contributed by atoms with Gasteiger partial charge in [0.15, 0.2) is 0 Å². The fourth-order valence-electron chi connectivity index (χ4n) is 1.83. The van der Waals surface area contributed by atoms with Crippen molar-refractivity contribution in [1.82, 2.24) is 10.2 Å². The van der Waals surface area contributed by atoms with E-state index in [1.54, 1.807) is 14.0 Å². The highest BCUT2D eigenvalue weighted by Gasteiger charge is 2.40. The summed E-state index contributed by atoms with van der Waals surface area (Å²) in [6.07, 6.45) is 0.752. The number of hydrogen-bond donors (Lipinski definition) is 1. The Morgan fingerprint density at radius 1 is 1.47 bits per heavy atom. The van der Waals surface area contributed by atoms with E-state index in [1.807, 2.05) is 4.90 Å². The van der Waals surface area contributed by atoms with Crippen LogP contribution < -0.4 is 5.32 Å². The van der Waals surface area contributed by atoms with Crippen LogP contribution in [0.3, 0.4) is 0 Å². The second-order valence-electron chi connectivity index (χ2n) is 4.03. The predicted octanol–water partition coefficient (Wildman–Crippen LogP) is -0.615. The van der Waals surface area contributed by atoms with Gasteiger partial charge in [0.25, 0.3) is 0 Å². The lowest BCUT2D eigenvalue weighted by Crippen LogP contribution is -2.60. The fourth-order valence-corrected chi connectivity index (χ4v) is 1.83. The number of nitrogens with one attached hydrogen (secondary N) is 1. The fraction of sp³-hybridized carbons (Fsp3) is 0.818. The van der Waals surface area contributed by atoms with Crippen molar-refractivity contribution in [3.63, 3.8) is 0 Å². The van der Waals surface area contributed by atoms with Gasteiger partial charge in [0.05, 0.1) is 19.8 Å². The third-order valence-electron chi connectivity index (χ3n) is 3.02. The van der Waals surface area contributed by atoms with Gasteiger partial charge in [-0.1, -0.05) is 0 Å². The second kappa shape index (κ2) is 6.56. The highest BCUT2D eigenvalue weighted by molar-refractivity contribution is 5.83. The summed E-state index contributed by atoms with van der Waals surface area (Å²) in [5.74, 6) is -0.358. The van der Waals surface area contributed by atoms with E-state index in [0.29, 0.717) is 13.2 Å². The van der Waals surface area contributed by atoms with Crippen LogP contribution in [0.25, 0.3) is 0 Å². The number of nitrogens with zero attached hydrogens (tertiary/aromatic N) is 1. The maximum atomic E-state index is 11.7. The summed E-state index contributed by atoms with van der Waals surface area (Å²) in [6.45, 7) is 3.51. The van der Waals surface area contributed by atoms with Crippen molar-refractivity contribution in [2.75, 3.05) is 33.9 Å². The Kier molecular flexibility index (Phi) is 5.37. The highest BCUT2D eigenvalue weighted by atomic mass is 16.5. The minimum Gasteiger partial charge on any atom is -0.468 e. The van der Waals surface area contributed by atoms with Gasteiger partial charge in [-0.3, -0.25) is 14.5 Å². The Morgan fingerprint density at radius 2 is 2.18 bits per heavy atom. The van der Waals surface area contributed by atoms with E-state index in [0.717, 1.165) is 13.0 Å². The molecule has 0 aromatic rings. The Morgan fingerprint density at radius 3 is 2.65 bits per heavy atom. The molecule has 6 nitrogen and oxygen atoms in total. The first-order chi connectivity index (χ1) is 8.11. The first kappa shape index (κ1) is 13.9. The third-order valence-corrected chi connectivity index (χ3v) is 3.02. The molecule has 0 bridgehead atoms. The molecule has 0 radical (unpaired) electrons. The number of carbonyl (C=O) groups is 2. The molecule has 1 rings (SSSR count). The smallest absolute Gasteiger partial charge is 0.323 e. The van der Waals surface area contributed by atoms with Crippen molar-refractivity contribution in [3.05, 3.63) is 0 Å². The number of esters is 1. The van der Waals surface area contributed by atoms with Gasteiger partial charge >= 0.3 is 5.97 Å². The zero-order chi connectivity index (χ0) is 12.8. The number of rotatable bonds is 6. The molecule has 1 fully saturated rings. The SMILES string of the molecule is COCCNC(=O)C(C)N1CCC1C(=O)OC. The Balaban J connectivity index is 2.39. The lowest BCUT2D eigenvalue weighted by atomic mass is 10.00. The molecule has 2 unspecified atom stereocenters. The van der Waals surface area contributed by atoms with Crippen LogP contribution in [-0.4, -0.2) is 62.8 Å². The van der Waals surface area contributed by atoms with Crippen LogP contribution in [0.1, 0.15) is 13.3 Å². The van der Waals surface area contributed by atoms with Crippen LogP contribution in [0, 0.1) is 0 Å². The molecule has 1 N–H and O–H groups in total. The van der Waals surface area contributed by atoms with Gasteiger partial charge < -0.3 is 14.8 Å². The molecule has 1 amide bonds. The number of likely N-dealkylation sites (tertiary alicyclic amines) is 1. The van der Waals surface area contributed by atoms with Gasteiger partial charge in [0.1, 0.15) is 6.04 Å². The summed E-state index contributed by atoms with van der Waals surface area (Å²) in [5.41, 5.74) is 0. The number of amides is 1. The summed E-state index contributed by atoms with van der Waals surface area (Å²) in [4.78, 5) is 25.0. The molecule has 1 saturated heterocycles. The average Bonchev–Trinajstić information content (AvgIpc) is 2.27. The highest BCUT2D eigenvalue weighted by Crippen LogP contribution is 2.21. The van der Waals surface area contributed by atoms with E-state index >= 15 is 0 Å². The van der Waals surface area contributed by atoms with Crippen LogP contribution in [0.2, 0.25) is 0 Å². The molecule has 2 atom stereocenters. The molecule has 17 heavy (non-hydrogen) atoms. The molecule has 0 spiro atoms. The standard InChI is InChI=1S/C11H20N2O4/c1-8(10(14)12-5-7-16-2)13-6-4-9(13)11(15)17-3/h8-9H,4-7H2,1-3H3,(H,12,14). The van der Waals surface area contributed by atoms with Gasteiger partial charge in [-0.25, -0.2) is 0 Å². The molecule has 0 aromatic carbocycles. The van der Waals surface area contributed by atoms with Crippen LogP contribution in [0.15, 0.2) is 0 Å². The zero-order valence-corrected chi connectivity index (χ0v) is 10.6. The largest absolute Gasteiger partial charge is 0.468 e. The molecule has 6 heteroatoms. The molecule has 1 heterocycles. The van der Waals surface area contributed by atoms with Crippen molar-refractivity contribution in [1.29, 1.82) is 0 Å². The van der Waals surface area contributed by atoms with Gasteiger partial charge in [0, 0.05) is 20.2 Å².